The van der Waals surface area contributed by atoms with Gasteiger partial charge in [-0.25, -0.2) is 8.42 Å². The third kappa shape index (κ3) is 3.37. The Morgan fingerprint density at radius 3 is 2.60 bits per heavy atom. The maximum atomic E-state index is 12.3. The summed E-state index contributed by atoms with van der Waals surface area (Å²) in [7, 11) is -3.82. The second-order valence-corrected chi connectivity index (χ2v) is 7.48. The fourth-order valence-electron chi connectivity index (χ4n) is 1.46. The summed E-state index contributed by atoms with van der Waals surface area (Å²) in [4.78, 5) is -0.0333. The van der Waals surface area contributed by atoms with E-state index >= 15 is 0 Å². The molecule has 9 heteroatoms. The van der Waals surface area contributed by atoms with E-state index in [0.717, 1.165) is 0 Å². The molecule has 0 aliphatic carbocycles. The van der Waals surface area contributed by atoms with Crippen LogP contribution in [0.2, 0.25) is 5.02 Å². The first-order valence-corrected chi connectivity index (χ1v) is 8.74. The molecule has 1 aromatic carbocycles. The average molecular weight is 445 g/mol. The van der Waals surface area contributed by atoms with Crippen LogP contribution in [-0.4, -0.2) is 8.42 Å². The highest BCUT2D eigenvalue weighted by molar-refractivity contribution is 9.10. The number of sulfonamides is 1. The van der Waals surface area contributed by atoms with Gasteiger partial charge in [0.1, 0.15) is 10.7 Å². The normalized spacial score (nSPS) is 11.6. The number of anilines is 1. The van der Waals surface area contributed by atoms with Crippen LogP contribution < -0.4 is 10.5 Å². The van der Waals surface area contributed by atoms with E-state index < -0.39 is 10.0 Å². The Labute approximate surface area is 137 Å². The first kappa shape index (κ1) is 15.8. The van der Waals surface area contributed by atoms with Gasteiger partial charge < -0.3 is 10.2 Å². The molecule has 20 heavy (non-hydrogen) atoms. The quantitative estimate of drug-likeness (QED) is 0.753. The van der Waals surface area contributed by atoms with Crippen LogP contribution >= 0.6 is 43.5 Å². The van der Waals surface area contributed by atoms with Crippen molar-refractivity contribution in [3.05, 3.63) is 44.2 Å². The molecule has 2 rings (SSSR count). The van der Waals surface area contributed by atoms with Crippen LogP contribution in [0.5, 0.6) is 0 Å². The summed E-state index contributed by atoms with van der Waals surface area (Å²) < 4.78 is 33.0. The second-order valence-electron chi connectivity index (χ2n) is 3.78. The van der Waals surface area contributed by atoms with Gasteiger partial charge in [-0.2, -0.15) is 0 Å². The van der Waals surface area contributed by atoms with Crippen LogP contribution in [0.15, 0.2) is 42.7 Å². The molecule has 5 nitrogen and oxygen atoms in total. The molecule has 0 bridgehead atoms. The van der Waals surface area contributed by atoms with E-state index in [1.54, 1.807) is 18.2 Å². The van der Waals surface area contributed by atoms with E-state index in [2.05, 4.69) is 36.6 Å². The van der Waals surface area contributed by atoms with Gasteiger partial charge in [-0.05, 0) is 34.1 Å². The van der Waals surface area contributed by atoms with E-state index in [1.165, 1.54) is 6.07 Å². The van der Waals surface area contributed by atoms with Crippen LogP contribution in [0.3, 0.4) is 0 Å². The molecule has 0 spiro atoms. The first-order chi connectivity index (χ1) is 9.33. The van der Waals surface area contributed by atoms with Gasteiger partial charge in [0.05, 0.1) is 17.3 Å². The predicted molar refractivity (Wildman–Crippen MR) is 84.3 cm³/mol. The zero-order valence-electron chi connectivity index (χ0n) is 9.86. The number of nitrogens with one attached hydrogen (secondary N) is 1. The second kappa shape index (κ2) is 6.07. The summed E-state index contributed by atoms with van der Waals surface area (Å²) in [5, 5.41) is 0.287. The van der Waals surface area contributed by atoms with Crippen LogP contribution in [0.4, 0.5) is 5.69 Å². The molecule has 3 N–H and O–H groups in total. The van der Waals surface area contributed by atoms with Crippen LogP contribution in [0.25, 0.3) is 0 Å². The van der Waals surface area contributed by atoms with Crippen molar-refractivity contribution in [2.75, 3.05) is 4.72 Å². The van der Waals surface area contributed by atoms with Gasteiger partial charge in [-0.1, -0.05) is 27.5 Å². The van der Waals surface area contributed by atoms with Crippen molar-refractivity contribution >= 4 is 59.2 Å². The van der Waals surface area contributed by atoms with E-state index in [-0.39, 0.29) is 26.8 Å². The van der Waals surface area contributed by atoms with Crippen molar-refractivity contribution in [3.63, 3.8) is 0 Å². The molecule has 0 aliphatic rings. The third-order valence-electron chi connectivity index (χ3n) is 2.37. The fourth-order valence-corrected chi connectivity index (χ4v) is 4.11. The Morgan fingerprint density at radius 1 is 1.30 bits per heavy atom. The third-order valence-corrected chi connectivity index (χ3v) is 5.42. The van der Waals surface area contributed by atoms with Crippen LogP contribution in [0, 0.1) is 0 Å². The van der Waals surface area contributed by atoms with Gasteiger partial charge in [0.25, 0.3) is 10.0 Å². The molecular formula is C11H9Br2ClN2O3S. The lowest BCUT2D eigenvalue weighted by Gasteiger charge is -2.08. The molecule has 0 unspecified atom stereocenters. The van der Waals surface area contributed by atoms with Gasteiger partial charge in [-0.3, -0.25) is 4.72 Å². The average Bonchev–Trinajstić information content (AvgIpc) is 2.76. The van der Waals surface area contributed by atoms with E-state index in [0.29, 0.717) is 10.2 Å². The van der Waals surface area contributed by atoms with Crippen molar-refractivity contribution < 1.29 is 12.8 Å². The first-order valence-electron chi connectivity index (χ1n) is 5.29. The molecule has 0 fully saturated rings. The summed E-state index contributed by atoms with van der Waals surface area (Å²) in [6.45, 7) is 0.103. The monoisotopic (exact) mass is 442 g/mol. The van der Waals surface area contributed by atoms with Crippen LogP contribution in [-0.2, 0) is 16.6 Å². The number of furan rings is 1. The molecule has 108 valence electrons. The Kier molecular flexibility index (Phi) is 4.80. The lowest BCUT2D eigenvalue weighted by molar-refractivity contribution is 0.484. The smallest absolute Gasteiger partial charge is 0.266 e. The molecule has 0 amide bonds. The summed E-state index contributed by atoms with van der Waals surface area (Å²) in [5.41, 5.74) is 5.68. The molecule has 2 aromatic rings. The lowest BCUT2D eigenvalue weighted by Crippen LogP contribution is -2.13. The summed E-state index contributed by atoms with van der Waals surface area (Å²) in [6, 6.07) is 6.22. The maximum absolute atomic E-state index is 12.3. The standard InChI is InChI=1S/C11H9Br2ClN2O3S/c12-6-1-2-8(14)9(3-6)16-20(17,18)10-4-7(5-15)19-11(10)13/h1-4,16H,5,15H2. The molecule has 1 aromatic heterocycles. The predicted octanol–water partition coefficient (Wildman–Crippen LogP) is 3.72. The number of benzene rings is 1. The van der Waals surface area contributed by atoms with Gasteiger partial charge in [0, 0.05) is 10.5 Å². The van der Waals surface area contributed by atoms with Crippen molar-refractivity contribution in [2.24, 2.45) is 5.73 Å². The highest BCUT2D eigenvalue weighted by Gasteiger charge is 2.23. The molecule has 0 atom stereocenters. The lowest BCUT2D eigenvalue weighted by atomic mass is 10.3. The number of hydrogen-bond acceptors (Lipinski definition) is 4. The molecule has 0 saturated carbocycles. The number of rotatable bonds is 4. The molecule has 1 heterocycles. The van der Waals surface area contributed by atoms with Crippen molar-refractivity contribution in [2.45, 2.75) is 11.4 Å². The van der Waals surface area contributed by atoms with Crippen molar-refractivity contribution in [1.82, 2.24) is 0 Å². The molecule has 0 radical (unpaired) electrons. The topological polar surface area (TPSA) is 85.3 Å². The van der Waals surface area contributed by atoms with E-state index in [9.17, 15) is 8.42 Å². The minimum atomic E-state index is -3.82. The van der Waals surface area contributed by atoms with Crippen molar-refractivity contribution in [1.29, 1.82) is 0 Å². The molecular weight excluding hydrogens is 435 g/mol. The minimum absolute atomic E-state index is 0.0333. The Hall–Kier alpha value is -0.540. The maximum Gasteiger partial charge on any atom is 0.266 e. The summed E-state index contributed by atoms with van der Waals surface area (Å²) in [6.07, 6.45) is 0. The summed E-state index contributed by atoms with van der Waals surface area (Å²) in [5.74, 6) is 0.359. The van der Waals surface area contributed by atoms with E-state index in [4.69, 9.17) is 21.8 Å². The number of nitrogens with two attached hydrogens (primary N) is 1. The van der Waals surface area contributed by atoms with Crippen molar-refractivity contribution in [3.8, 4) is 0 Å². The number of hydrogen-bond donors (Lipinski definition) is 2. The Bertz CT molecular complexity index is 746. The summed E-state index contributed by atoms with van der Waals surface area (Å²) >= 11 is 12.3. The number of halogens is 3. The van der Waals surface area contributed by atoms with Gasteiger partial charge in [0.2, 0.25) is 0 Å². The Morgan fingerprint density at radius 2 is 2.00 bits per heavy atom. The zero-order chi connectivity index (χ0) is 14.9. The van der Waals surface area contributed by atoms with E-state index in [1.807, 2.05) is 0 Å². The fraction of sp³-hybridized carbons (Fsp3) is 0.0909. The van der Waals surface area contributed by atoms with Gasteiger partial charge >= 0.3 is 0 Å². The van der Waals surface area contributed by atoms with Gasteiger partial charge in [-0.15, -0.1) is 0 Å². The van der Waals surface area contributed by atoms with Crippen LogP contribution in [0.1, 0.15) is 5.76 Å². The molecule has 0 aliphatic heterocycles. The zero-order valence-corrected chi connectivity index (χ0v) is 14.6. The Balaban J connectivity index is 2.40. The highest BCUT2D eigenvalue weighted by atomic mass is 79.9. The highest BCUT2D eigenvalue weighted by Crippen LogP contribution is 2.31. The largest absolute Gasteiger partial charge is 0.452 e. The minimum Gasteiger partial charge on any atom is -0.452 e. The SMILES string of the molecule is NCc1cc(S(=O)(=O)Nc2cc(Br)ccc2Cl)c(Br)o1. The van der Waals surface area contributed by atoms with Gasteiger partial charge in [0.15, 0.2) is 4.67 Å². The molecule has 0 saturated heterocycles.